The molecule has 162 valence electrons. The minimum atomic E-state index is -0.184. The van der Waals surface area contributed by atoms with Crippen molar-refractivity contribution < 1.29 is 0 Å². The second-order valence-electron chi connectivity index (χ2n) is 9.31. The summed E-state index contributed by atoms with van der Waals surface area (Å²) >= 11 is 7.91. The average molecular weight is 457 g/mol. The van der Waals surface area contributed by atoms with Gasteiger partial charge in [-0.05, 0) is 75.6 Å². The molecule has 4 aromatic rings. The van der Waals surface area contributed by atoms with Crippen LogP contribution < -0.4 is 4.90 Å². The summed E-state index contributed by atoms with van der Waals surface area (Å²) in [6, 6.07) is 24.1. The second kappa shape index (κ2) is 7.72. The lowest BCUT2D eigenvalue weighted by Crippen LogP contribution is -2.43. The molecule has 2 nitrogen and oxygen atoms in total. The average Bonchev–Trinajstić information content (AvgIpc) is 3.12. The number of anilines is 1. The molecule has 0 amide bonds. The third kappa shape index (κ3) is 3.33. The monoisotopic (exact) mass is 456 g/mol. The molecule has 1 aliphatic rings. The number of nitrogens with zero attached hydrogens (tertiary/aromatic N) is 2. The zero-order valence-corrected chi connectivity index (χ0v) is 20.9. The van der Waals surface area contributed by atoms with E-state index in [0.29, 0.717) is 0 Å². The number of aryl methyl sites for hydroxylation is 3. The molecular formula is C28H28N2S2. The van der Waals surface area contributed by atoms with E-state index < -0.39 is 0 Å². The van der Waals surface area contributed by atoms with Crippen LogP contribution in [0.5, 0.6) is 0 Å². The normalized spacial score (nSPS) is 14.2. The first kappa shape index (κ1) is 21.2. The van der Waals surface area contributed by atoms with Gasteiger partial charge in [-0.3, -0.25) is 3.96 Å². The Morgan fingerprint density at radius 2 is 1.62 bits per heavy atom. The molecule has 1 aromatic heterocycles. The first-order chi connectivity index (χ1) is 15.3. The van der Waals surface area contributed by atoms with E-state index in [-0.39, 0.29) is 5.54 Å². The van der Waals surface area contributed by atoms with Gasteiger partial charge in [0, 0.05) is 23.4 Å². The number of fused-ring (bicyclic) bond motifs is 3. The zero-order chi connectivity index (χ0) is 22.6. The van der Waals surface area contributed by atoms with Gasteiger partial charge in [-0.2, -0.15) is 0 Å². The summed E-state index contributed by atoms with van der Waals surface area (Å²) in [5, 5.41) is 0. The number of hydrogen-bond donors (Lipinski definition) is 0. The van der Waals surface area contributed by atoms with Gasteiger partial charge in [-0.25, -0.2) is 0 Å². The van der Waals surface area contributed by atoms with Crippen LogP contribution in [0.15, 0.2) is 66.7 Å². The van der Waals surface area contributed by atoms with Gasteiger partial charge >= 0.3 is 0 Å². The van der Waals surface area contributed by atoms with E-state index in [1.165, 1.54) is 43.9 Å². The molecule has 0 fully saturated rings. The van der Waals surface area contributed by atoms with Crippen molar-refractivity contribution in [1.82, 2.24) is 3.96 Å². The van der Waals surface area contributed by atoms with Crippen molar-refractivity contribution in [1.29, 1.82) is 0 Å². The Kier molecular flexibility index (Phi) is 5.11. The van der Waals surface area contributed by atoms with E-state index in [2.05, 4.69) is 110 Å². The molecule has 2 heterocycles. The molecule has 3 aromatic carbocycles. The molecule has 0 saturated carbocycles. The molecule has 0 atom stereocenters. The Labute approximate surface area is 199 Å². The molecular weight excluding hydrogens is 428 g/mol. The van der Waals surface area contributed by atoms with Crippen LogP contribution in [-0.4, -0.2) is 3.96 Å². The molecule has 32 heavy (non-hydrogen) atoms. The highest BCUT2D eigenvalue weighted by Crippen LogP contribution is 2.51. The molecule has 0 unspecified atom stereocenters. The Balaban J connectivity index is 1.74. The maximum atomic E-state index is 6.12. The summed E-state index contributed by atoms with van der Waals surface area (Å²) in [5.74, 6) is 0. The van der Waals surface area contributed by atoms with E-state index in [0.717, 1.165) is 16.9 Å². The fourth-order valence-electron chi connectivity index (χ4n) is 4.61. The fraction of sp³-hybridized carbons (Fsp3) is 0.250. The van der Waals surface area contributed by atoms with Gasteiger partial charge in [0.05, 0.1) is 16.1 Å². The summed E-state index contributed by atoms with van der Waals surface area (Å²) in [6.07, 6.45) is 0. The number of rotatable bonds is 3. The first-order valence-electron chi connectivity index (χ1n) is 11.0. The molecule has 4 heteroatoms. The van der Waals surface area contributed by atoms with Crippen LogP contribution in [0.25, 0.3) is 16.8 Å². The number of aromatic nitrogens is 1. The minimum Gasteiger partial charge on any atom is -0.357 e. The van der Waals surface area contributed by atoms with Crippen LogP contribution in [0.1, 0.15) is 41.0 Å². The summed E-state index contributed by atoms with van der Waals surface area (Å²) in [4.78, 5) is 3.87. The number of benzene rings is 3. The van der Waals surface area contributed by atoms with Gasteiger partial charge < -0.3 is 4.90 Å². The first-order valence-corrected chi connectivity index (χ1v) is 12.2. The SMILES string of the molecule is Cc1ccc2c(c1)-c1c(sn(-c3ccc(C)c(C)c3)c1=S)C(C)(C)N2Cc1ccccc1. The van der Waals surface area contributed by atoms with Crippen molar-refractivity contribution >= 4 is 29.4 Å². The lowest BCUT2D eigenvalue weighted by atomic mass is 9.86. The van der Waals surface area contributed by atoms with Gasteiger partial charge in [0.25, 0.3) is 0 Å². The maximum Gasteiger partial charge on any atom is 0.129 e. The minimum absolute atomic E-state index is 0.184. The van der Waals surface area contributed by atoms with E-state index in [4.69, 9.17) is 12.2 Å². The summed E-state index contributed by atoms with van der Waals surface area (Å²) in [7, 11) is 0. The standard InChI is InChI=1S/C28H28N2S2/c1-18-11-14-24-23(15-18)25-26(28(4,5)29(24)17-21-9-7-6-8-10-21)32-30(27(25)31)22-13-12-19(2)20(3)16-22/h6-16H,17H2,1-5H3. The molecule has 0 saturated heterocycles. The molecule has 0 spiro atoms. The predicted molar refractivity (Wildman–Crippen MR) is 140 cm³/mol. The second-order valence-corrected chi connectivity index (χ2v) is 10.7. The van der Waals surface area contributed by atoms with E-state index >= 15 is 0 Å². The smallest absolute Gasteiger partial charge is 0.129 e. The van der Waals surface area contributed by atoms with Crippen molar-refractivity contribution in [2.45, 2.75) is 46.7 Å². The Morgan fingerprint density at radius 1 is 0.875 bits per heavy atom. The van der Waals surface area contributed by atoms with Crippen LogP contribution in [-0.2, 0) is 12.1 Å². The van der Waals surface area contributed by atoms with E-state index in [9.17, 15) is 0 Å². The third-order valence-electron chi connectivity index (χ3n) is 6.66. The van der Waals surface area contributed by atoms with Gasteiger partial charge in [-0.1, -0.05) is 71.8 Å². The highest BCUT2D eigenvalue weighted by Gasteiger charge is 2.40. The van der Waals surface area contributed by atoms with Crippen LogP contribution in [0.4, 0.5) is 5.69 Å². The van der Waals surface area contributed by atoms with Gasteiger partial charge in [-0.15, -0.1) is 0 Å². The quantitative estimate of drug-likeness (QED) is 0.288. The molecule has 1 aliphatic heterocycles. The zero-order valence-electron chi connectivity index (χ0n) is 19.3. The highest BCUT2D eigenvalue weighted by atomic mass is 32.1. The highest BCUT2D eigenvalue weighted by molar-refractivity contribution is 7.71. The van der Waals surface area contributed by atoms with Gasteiger partial charge in [0.15, 0.2) is 0 Å². The third-order valence-corrected chi connectivity index (χ3v) is 8.62. The van der Waals surface area contributed by atoms with Crippen molar-refractivity contribution in [2.75, 3.05) is 4.90 Å². The molecule has 0 radical (unpaired) electrons. The summed E-state index contributed by atoms with van der Waals surface area (Å²) in [5.41, 5.74) is 9.85. The van der Waals surface area contributed by atoms with Crippen LogP contribution >= 0.6 is 23.8 Å². The van der Waals surface area contributed by atoms with Gasteiger partial charge in [0.1, 0.15) is 4.64 Å². The van der Waals surface area contributed by atoms with E-state index in [1.54, 1.807) is 11.5 Å². The van der Waals surface area contributed by atoms with Crippen LogP contribution in [0.2, 0.25) is 0 Å². The van der Waals surface area contributed by atoms with Crippen molar-refractivity contribution in [3.05, 3.63) is 98.5 Å². The molecule has 0 aliphatic carbocycles. The Bertz CT molecular complexity index is 1380. The molecule has 5 rings (SSSR count). The Morgan fingerprint density at radius 3 is 2.34 bits per heavy atom. The van der Waals surface area contributed by atoms with Crippen molar-refractivity contribution in [2.24, 2.45) is 0 Å². The topological polar surface area (TPSA) is 8.17 Å². The fourth-order valence-corrected chi connectivity index (χ4v) is 6.31. The predicted octanol–water partition coefficient (Wildman–Crippen LogP) is 8.12. The maximum absolute atomic E-state index is 6.12. The molecule has 0 N–H and O–H groups in total. The van der Waals surface area contributed by atoms with E-state index in [1.807, 2.05) is 0 Å². The summed E-state index contributed by atoms with van der Waals surface area (Å²) < 4.78 is 3.15. The van der Waals surface area contributed by atoms with Crippen molar-refractivity contribution in [3.63, 3.8) is 0 Å². The van der Waals surface area contributed by atoms with Crippen LogP contribution in [0, 0.1) is 25.4 Å². The van der Waals surface area contributed by atoms with Gasteiger partial charge in [0.2, 0.25) is 0 Å². The lowest BCUT2D eigenvalue weighted by Gasteiger charge is -2.44. The van der Waals surface area contributed by atoms with Crippen molar-refractivity contribution in [3.8, 4) is 16.8 Å². The summed E-state index contributed by atoms with van der Waals surface area (Å²) in [6.45, 7) is 12.0. The Hall–Kier alpha value is -2.69. The molecule has 0 bridgehead atoms. The number of hydrogen-bond acceptors (Lipinski definition) is 3. The van der Waals surface area contributed by atoms with Crippen LogP contribution in [0.3, 0.4) is 0 Å². The largest absolute Gasteiger partial charge is 0.357 e. The lowest BCUT2D eigenvalue weighted by molar-refractivity contribution is 0.483.